The Bertz CT molecular complexity index is 1430. The van der Waals surface area contributed by atoms with E-state index in [1.54, 1.807) is 20.8 Å². The van der Waals surface area contributed by atoms with E-state index in [0.29, 0.717) is 0 Å². The van der Waals surface area contributed by atoms with Crippen LogP contribution in [-0.2, 0) is 19.4 Å². The lowest BCUT2D eigenvalue weighted by Gasteiger charge is -2.35. The number of ether oxygens (including phenoxy) is 1. The van der Waals surface area contributed by atoms with Gasteiger partial charge in [-0.1, -0.05) is 11.6 Å². The highest BCUT2D eigenvalue weighted by Crippen LogP contribution is 2.33. The molecule has 1 unspecified atom stereocenters. The van der Waals surface area contributed by atoms with Gasteiger partial charge in [-0.3, -0.25) is 9.59 Å². The topological polar surface area (TPSA) is 133 Å². The molecule has 0 bridgehead atoms. The molecule has 1 heterocycles. The summed E-state index contributed by atoms with van der Waals surface area (Å²) >= 11 is 6.02. The number of anilines is 1. The van der Waals surface area contributed by atoms with Gasteiger partial charge in [0, 0.05) is 31.7 Å². The van der Waals surface area contributed by atoms with Gasteiger partial charge in [-0.25, -0.2) is 13.2 Å². The summed E-state index contributed by atoms with van der Waals surface area (Å²) in [5, 5.41) is 11.0. The molecule has 0 spiro atoms. The van der Waals surface area contributed by atoms with Gasteiger partial charge >= 0.3 is 12.3 Å². The summed E-state index contributed by atoms with van der Waals surface area (Å²) in [6.45, 7) is 6.62. The summed E-state index contributed by atoms with van der Waals surface area (Å²) in [6.07, 6.45) is -5.72. The summed E-state index contributed by atoms with van der Waals surface area (Å²) < 4.78 is 70.3. The molecule has 10 nitrogen and oxygen atoms in total. The van der Waals surface area contributed by atoms with Crippen LogP contribution < -0.4 is 5.32 Å². The largest absolute Gasteiger partial charge is 0.444 e. The number of halogens is 4. The van der Waals surface area contributed by atoms with Gasteiger partial charge in [0.05, 0.1) is 20.5 Å². The third-order valence-electron chi connectivity index (χ3n) is 6.12. The number of aliphatic hydroxyl groups is 1. The zero-order chi connectivity index (χ0) is 31.0. The van der Waals surface area contributed by atoms with Gasteiger partial charge in [0.15, 0.2) is 0 Å². The first-order valence-electron chi connectivity index (χ1n) is 12.3. The first kappa shape index (κ1) is 32.2. The molecule has 1 aliphatic heterocycles. The number of benzene rings is 2. The van der Waals surface area contributed by atoms with Gasteiger partial charge in [0.25, 0.3) is 11.8 Å². The molecular formula is C26H29ClF3N3O7S. The lowest BCUT2D eigenvalue weighted by atomic mass is 10.1. The maximum atomic E-state index is 13.1. The van der Waals surface area contributed by atoms with E-state index >= 15 is 0 Å². The maximum absolute atomic E-state index is 13.1. The maximum Gasteiger partial charge on any atom is 0.426 e. The van der Waals surface area contributed by atoms with Crippen molar-refractivity contribution in [3.63, 3.8) is 0 Å². The van der Waals surface area contributed by atoms with Crippen LogP contribution in [0.3, 0.4) is 0 Å². The molecule has 15 heteroatoms. The highest BCUT2D eigenvalue weighted by molar-refractivity contribution is 7.91. The van der Waals surface area contributed by atoms with Crippen LogP contribution in [0.4, 0.5) is 23.7 Å². The Labute approximate surface area is 239 Å². The molecule has 1 fully saturated rings. The Balaban J connectivity index is 1.69. The van der Waals surface area contributed by atoms with Crippen molar-refractivity contribution < 1.29 is 45.8 Å². The van der Waals surface area contributed by atoms with Crippen molar-refractivity contribution in [2.75, 3.05) is 31.5 Å². The van der Waals surface area contributed by atoms with E-state index < -0.39 is 39.2 Å². The second kappa shape index (κ2) is 11.5. The van der Waals surface area contributed by atoms with Gasteiger partial charge in [-0.2, -0.15) is 13.2 Å². The molecular weight excluding hydrogens is 591 g/mol. The second-order valence-electron chi connectivity index (χ2n) is 10.5. The number of piperazine rings is 1. The molecule has 1 saturated heterocycles. The fourth-order valence-corrected chi connectivity index (χ4v) is 5.23. The molecule has 1 atom stereocenters. The van der Waals surface area contributed by atoms with E-state index in [-0.39, 0.29) is 65.1 Å². The number of carbonyl (C=O) groups is 3. The van der Waals surface area contributed by atoms with Crippen LogP contribution in [-0.4, -0.2) is 84.8 Å². The van der Waals surface area contributed by atoms with Crippen molar-refractivity contribution in [3.8, 4) is 0 Å². The summed E-state index contributed by atoms with van der Waals surface area (Å²) in [5.74, 6) is -2.15. The third kappa shape index (κ3) is 7.29. The van der Waals surface area contributed by atoms with Gasteiger partial charge in [0.2, 0.25) is 15.4 Å². The van der Waals surface area contributed by atoms with E-state index in [1.807, 2.05) is 5.32 Å². The minimum absolute atomic E-state index is 0.184. The van der Waals surface area contributed by atoms with Gasteiger partial charge in [0.1, 0.15) is 5.60 Å². The number of nitrogens with zero attached hydrogens (tertiary/aromatic N) is 2. The molecule has 3 rings (SSSR count). The number of alkyl halides is 3. The molecule has 0 aliphatic carbocycles. The van der Waals surface area contributed by atoms with Crippen molar-refractivity contribution in [3.05, 3.63) is 53.1 Å². The van der Waals surface area contributed by atoms with Crippen LogP contribution in [0.1, 0.15) is 38.1 Å². The zero-order valence-corrected chi connectivity index (χ0v) is 24.2. The minimum atomic E-state index is -5.26. The fourth-order valence-electron chi connectivity index (χ4n) is 3.65. The standard InChI is InChI=1S/C26H29ClF3N3O7S/c1-24(2,3)40-23(36)33-13-11-32(12-14-33)21(34)16-5-7-17(8-6-16)41(38,39)18-9-10-20(19(27)15-18)31-22(35)25(4,37)26(28,29)30/h5-10,15,37H,11-14H2,1-4H3,(H,31,35). The average molecular weight is 620 g/mol. The number of rotatable bonds is 5. The van der Waals surface area contributed by atoms with Crippen LogP contribution in [0.15, 0.2) is 52.3 Å². The number of carbonyl (C=O) groups excluding carboxylic acids is 3. The zero-order valence-electron chi connectivity index (χ0n) is 22.6. The molecule has 2 aromatic rings. The minimum Gasteiger partial charge on any atom is -0.444 e. The van der Waals surface area contributed by atoms with Gasteiger partial charge in [-0.05, 0) is 70.2 Å². The average Bonchev–Trinajstić information content (AvgIpc) is 2.87. The highest BCUT2D eigenvalue weighted by atomic mass is 35.5. The molecule has 0 radical (unpaired) electrons. The van der Waals surface area contributed by atoms with E-state index in [1.165, 1.54) is 34.1 Å². The van der Waals surface area contributed by atoms with Crippen molar-refractivity contribution >= 4 is 45.0 Å². The number of sulfone groups is 1. The Morgan fingerprint density at radius 3 is 1.90 bits per heavy atom. The molecule has 1 aliphatic rings. The quantitative estimate of drug-likeness (QED) is 0.514. The second-order valence-corrected chi connectivity index (χ2v) is 12.8. The Morgan fingerprint density at radius 2 is 1.41 bits per heavy atom. The molecule has 3 amide bonds. The Kier molecular flexibility index (Phi) is 9.01. The highest BCUT2D eigenvalue weighted by Gasteiger charge is 2.55. The van der Waals surface area contributed by atoms with Crippen LogP contribution in [0.2, 0.25) is 5.02 Å². The van der Waals surface area contributed by atoms with Crippen LogP contribution in [0.5, 0.6) is 0 Å². The summed E-state index contributed by atoms with van der Waals surface area (Å²) in [6, 6.07) is 8.10. The Morgan fingerprint density at radius 1 is 0.902 bits per heavy atom. The van der Waals surface area contributed by atoms with Crippen LogP contribution in [0.25, 0.3) is 0 Å². The Hall–Kier alpha value is -3.36. The number of hydrogen-bond donors (Lipinski definition) is 2. The molecule has 224 valence electrons. The summed E-state index contributed by atoms with van der Waals surface area (Å²) in [5.41, 5.74) is -4.46. The fraction of sp³-hybridized carbons (Fsp3) is 0.423. The smallest absolute Gasteiger partial charge is 0.426 e. The lowest BCUT2D eigenvalue weighted by molar-refractivity contribution is -0.242. The van der Waals surface area contributed by atoms with E-state index in [4.69, 9.17) is 16.3 Å². The van der Waals surface area contributed by atoms with E-state index in [9.17, 15) is 41.1 Å². The number of amides is 3. The van der Waals surface area contributed by atoms with Crippen molar-refractivity contribution in [2.24, 2.45) is 0 Å². The molecule has 0 aromatic heterocycles. The van der Waals surface area contributed by atoms with Crippen molar-refractivity contribution in [2.45, 2.75) is 54.9 Å². The monoisotopic (exact) mass is 619 g/mol. The summed E-state index contributed by atoms with van der Waals surface area (Å²) in [4.78, 5) is 39.6. The molecule has 0 saturated carbocycles. The lowest BCUT2D eigenvalue weighted by Crippen LogP contribution is -2.52. The van der Waals surface area contributed by atoms with Gasteiger partial charge in [-0.15, -0.1) is 0 Å². The number of hydrogen-bond acceptors (Lipinski definition) is 7. The van der Waals surface area contributed by atoms with Crippen molar-refractivity contribution in [1.29, 1.82) is 0 Å². The first-order valence-corrected chi connectivity index (χ1v) is 14.1. The first-order chi connectivity index (χ1) is 18.7. The predicted octanol–water partition coefficient (Wildman–Crippen LogP) is 4.12. The molecule has 41 heavy (non-hydrogen) atoms. The van der Waals surface area contributed by atoms with Crippen molar-refractivity contribution in [1.82, 2.24) is 9.80 Å². The normalized spacial score (nSPS) is 16.1. The third-order valence-corrected chi connectivity index (χ3v) is 8.20. The van der Waals surface area contributed by atoms with E-state index in [0.717, 1.165) is 18.2 Å². The molecule has 2 N–H and O–H groups in total. The van der Waals surface area contributed by atoms with Crippen LogP contribution in [0, 0.1) is 0 Å². The molecule has 2 aromatic carbocycles. The van der Waals surface area contributed by atoms with Gasteiger partial charge < -0.3 is 25.0 Å². The number of nitrogens with one attached hydrogen (secondary N) is 1. The SMILES string of the molecule is CC(C)(C)OC(=O)N1CCN(C(=O)c2ccc(S(=O)(=O)c3ccc(NC(=O)C(C)(O)C(F)(F)F)c(Cl)c3)cc2)CC1. The van der Waals surface area contributed by atoms with E-state index in [2.05, 4.69) is 0 Å². The van der Waals surface area contributed by atoms with Crippen LogP contribution >= 0.6 is 11.6 Å². The predicted molar refractivity (Wildman–Crippen MR) is 142 cm³/mol. The summed E-state index contributed by atoms with van der Waals surface area (Å²) in [7, 11) is -4.17.